The molecule has 10 heavy (non-hydrogen) atoms. The van der Waals surface area contributed by atoms with Crippen molar-refractivity contribution in [3.05, 3.63) is 22.7 Å². The third-order valence-corrected chi connectivity index (χ3v) is 1.39. The zero-order valence-corrected chi connectivity index (χ0v) is 6.92. The van der Waals surface area contributed by atoms with Gasteiger partial charge in [-0.1, -0.05) is 0 Å². The molecule has 0 atom stereocenters. The average molecular weight is 201 g/mol. The van der Waals surface area contributed by atoms with Crippen LogP contribution < -0.4 is 0 Å². The third-order valence-electron chi connectivity index (χ3n) is 0.981. The number of ketones is 1. The van der Waals surface area contributed by atoms with E-state index >= 15 is 0 Å². The number of halogens is 1. The molecule has 0 saturated heterocycles. The summed E-state index contributed by atoms with van der Waals surface area (Å²) in [7, 11) is 0. The van der Waals surface area contributed by atoms with E-state index in [2.05, 4.69) is 25.9 Å². The lowest BCUT2D eigenvalue weighted by Gasteiger charge is -1.91. The van der Waals surface area contributed by atoms with E-state index in [0.717, 1.165) is 0 Å². The average Bonchev–Trinajstić information content (AvgIpc) is 1.88. The maximum absolute atomic E-state index is 10.6. The Balaban J connectivity index is 3.00. The van der Waals surface area contributed by atoms with Crippen LogP contribution >= 0.6 is 15.9 Å². The monoisotopic (exact) mass is 200 g/mol. The highest BCUT2D eigenvalue weighted by molar-refractivity contribution is 9.10. The van der Waals surface area contributed by atoms with Crippen LogP contribution in [0.4, 0.5) is 0 Å². The van der Waals surface area contributed by atoms with Crippen molar-refractivity contribution in [1.29, 1.82) is 0 Å². The minimum Gasteiger partial charge on any atom is -0.293 e. The molecule has 3 nitrogen and oxygen atoms in total. The third kappa shape index (κ3) is 1.60. The van der Waals surface area contributed by atoms with Crippen LogP contribution in [0, 0.1) is 0 Å². The first kappa shape index (κ1) is 7.34. The molecule has 0 fully saturated rings. The summed E-state index contributed by atoms with van der Waals surface area (Å²) in [5.41, 5.74) is 0.392. The molecule has 0 aliphatic rings. The molecule has 1 heterocycles. The number of hydrogen-bond donors (Lipinski definition) is 0. The zero-order valence-electron chi connectivity index (χ0n) is 5.34. The number of rotatable bonds is 1. The summed E-state index contributed by atoms with van der Waals surface area (Å²) in [4.78, 5) is 18.3. The van der Waals surface area contributed by atoms with Gasteiger partial charge in [0.1, 0.15) is 10.3 Å². The van der Waals surface area contributed by atoms with E-state index in [1.54, 1.807) is 0 Å². The van der Waals surface area contributed by atoms with Crippen molar-refractivity contribution >= 4 is 21.7 Å². The van der Waals surface area contributed by atoms with E-state index in [4.69, 9.17) is 0 Å². The molecule has 0 amide bonds. The second-order valence-electron chi connectivity index (χ2n) is 1.78. The molecule has 1 aromatic rings. The van der Waals surface area contributed by atoms with Crippen molar-refractivity contribution in [3.8, 4) is 0 Å². The Morgan fingerprint density at radius 1 is 1.50 bits per heavy atom. The predicted octanol–water partition coefficient (Wildman–Crippen LogP) is 1.44. The molecule has 0 radical (unpaired) electrons. The second-order valence-corrected chi connectivity index (χ2v) is 2.59. The van der Waals surface area contributed by atoms with Crippen molar-refractivity contribution in [3.63, 3.8) is 0 Å². The Bertz CT molecular complexity index is 244. The van der Waals surface area contributed by atoms with Crippen molar-refractivity contribution in [2.24, 2.45) is 0 Å². The fourth-order valence-electron chi connectivity index (χ4n) is 0.494. The largest absolute Gasteiger partial charge is 0.293 e. The summed E-state index contributed by atoms with van der Waals surface area (Å²) < 4.78 is 0.637. The molecule has 0 aliphatic heterocycles. The fourth-order valence-corrected chi connectivity index (χ4v) is 0.699. The first-order chi connectivity index (χ1) is 4.70. The molecule has 0 unspecified atom stereocenters. The second kappa shape index (κ2) is 2.88. The van der Waals surface area contributed by atoms with Gasteiger partial charge in [-0.3, -0.25) is 4.79 Å². The van der Waals surface area contributed by atoms with E-state index in [1.807, 2.05) is 0 Å². The van der Waals surface area contributed by atoms with Crippen LogP contribution in [0.15, 0.2) is 17.0 Å². The van der Waals surface area contributed by atoms with E-state index in [9.17, 15) is 4.79 Å². The number of aromatic nitrogens is 2. The number of carbonyl (C=O) groups excluding carboxylic acids is 1. The van der Waals surface area contributed by atoms with Crippen LogP contribution in [0.1, 0.15) is 17.4 Å². The van der Waals surface area contributed by atoms with Crippen LogP contribution in [0.3, 0.4) is 0 Å². The highest BCUT2D eigenvalue weighted by atomic mass is 79.9. The van der Waals surface area contributed by atoms with Crippen LogP contribution in [-0.4, -0.2) is 15.8 Å². The van der Waals surface area contributed by atoms with E-state index in [1.165, 1.54) is 19.3 Å². The SMILES string of the molecule is CC(=O)c1cnc(Br)cn1. The zero-order chi connectivity index (χ0) is 7.56. The van der Waals surface area contributed by atoms with Crippen molar-refractivity contribution in [2.45, 2.75) is 6.92 Å². The van der Waals surface area contributed by atoms with E-state index in [-0.39, 0.29) is 5.78 Å². The molecule has 0 N–H and O–H groups in total. The smallest absolute Gasteiger partial charge is 0.179 e. The van der Waals surface area contributed by atoms with Crippen LogP contribution in [0.25, 0.3) is 0 Å². The highest BCUT2D eigenvalue weighted by Gasteiger charge is 1.98. The van der Waals surface area contributed by atoms with Gasteiger partial charge in [-0.15, -0.1) is 0 Å². The molecule has 0 spiro atoms. The van der Waals surface area contributed by atoms with Gasteiger partial charge in [0, 0.05) is 6.92 Å². The van der Waals surface area contributed by atoms with E-state index < -0.39 is 0 Å². The summed E-state index contributed by atoms with van der Waals surface area (Å²) in [5.74, 6) is -0.0694. The van der Waals surface area contributed by atoms with Crippen molar-refractivity contribution in [1.82, 2.24) is 9.97 Å². The van der Waals surface area contributed by atoms with Crippen LogP contribution in [-0.2, 0) is 0 Å². The van der Waals surface area contributed by atoms with Gasteiger partial charge in [-0.2, -0.15) is 0 Å². The van der Waals surface area contributed by atoms with Crippen LogP contribution in [0.2, 0.25) is 0 Å². The fraction of sp³-hybridized carbons (Fsp3) is 0.167. The molecule has 0 saturated carbocycles. The van der Waals surface area contributed by atoms with Gasteiger partial charge in [0.25, 0.3) is 0 Å². The Kier molecular flexibility index (Phi) is 2.11. The maximum atomic E-state index is 10.6. The summed E-state index contributed by atoms with van der Waals surface area (Å²) in [6, 6.07) is 0. The predicted molar refractivity (Wildman–Crippen MR) is 39.7 cm³/mol. The van der Waals surface area contributed by atoms with Gasteiger partial charge in [-0.05, 0) is 15.9 Å². The molecular weight excluding hydrogens is 196 g/mol. The van der Waals surface area contributed by atoms with Gasteiger partial charge < -0.3 is 0 Å². The van der Waals surface area contributed by atoms with Gasteiger partial charge in [0.05, 0.1) is 12.4 Å². The Labute approximate surface area is 66.6 Å². The quantitative estimate of drug-likeness (QED) is 0.645. The van der Waals surface area contributed by atoms with Crippen molar-refractivity contribution in [2.75, 3.05) is 0 Å². The molecule has 4 heteroatoms. The lowest BCUT2D eigenvalue weighted by molar-refractivity contribution is 0.101. The Morgan fingerprint density at radius 3 is 2.60 bits per heavy atom. The van der Waals surface area contributed by atoms with Gasteiger partial charge in [-0.25, -0.2) is 9.97 Å². The van der Waals surface area contributed by atoms with Gasteiger partial charge in [0.2, 0.25) is 0 Å². The number of carbonyl (C=O) groups is 1. The number of Topliss-reactive ketones (excluding diaryl/α,β-unsaturated/α-hetero) is 1. The summed E-state index contributed by atoms with van der Waals surface area (Å²) in [6.07, 6.45) is 2.93. The van der Waals surface area contributed by atoms with Crippen molar-refractivity contribution < 1.29 is 4.79 Å². The Hall–Kier alpha value is -0.770. The summed E-state index contributed by atoms with van der Waals surface area (Å²) >= 11 is 3.11. The summed E-state index contributed by atoms with van der Waals surface area (Å²) in [5, 5.41) is 0. The number of hydrogen-bond acceptors (Lipinski definition) is 3. The molecular formula is C6H5BrN2O. The maximum Gasteiger partial charge on any atom is 0.179 e. The molecule has 1 aromatic heterocycles. The van der Waals surface area contributed by atoms with Gasteiger partial charge >= 0.3 is 0 Å². The topological polar surface area (TPSA) is 42.9 Å². The molecule has 0 bridgehead atoms. The van der Waals surface area contributed by atoms with Gasteiger partial charge in [0.15, 0.2) is 5.78 Å². The Morgan fingerprint density at radius 2 is 2.20 bits per heavy atom. The summed E-state index contributed by atoms with van der Waals surface area (Å²) in [6.45, 7) is 1.46. The lowest BCUT2D eigenvalue weighted by atomic mass is 10.3. The van der Waals surface area contributed by atoms with E-state index in [0.29, 0.717) is 10.3 Å². The highest BCUT2D eigenvalue weighted by Crippen LogP contribution is 2.02. The number of nitrogens with zero attached hydrogens (tertiary/aromatic N) is 2. The minimum absolute atomic E-state index is 0.0694. The minimum atomic E-state index is -0.0694. The first-order valence-corrected chi connectivity index (χ1v) is 3.48. The molecule has 0 aliphatic carbocycles. The molecule has 0 aromatic carbocycles. The molecule has 52 valence electrons. The molecule has 1 rings (SSSR count). The lowest BCUT2D eigenvalue weighted by Crippen LogP contribution is -1.96. The normalized spacial score (nSPS) is 9.40. The van der Waals surface area contributed by atoms with Crippen LogP contribution in [0.5, 0.6) is 0 Å². The first-order valence-electron chi connectivity index (χ1n) is 2.68. The standard InChI is InChI=1S/C6H5BrN2O/c1-4(10)5-2-9-6(7)3-8-5/h2-3H,1H3.